The molecule has 0 aromatic rings. The summed E-state index contributed by atoms with van der Waals surface area (Å²) in [4.78, 5) is 22.1. The minimum absolute atomic E-state index is 0.110. The van der Waals surface area contributed by atoms with Gasteiger partial charge in [-0.3, -0.25) is 4.79 Å². The summed E-state index contributed by atoms with van der Waals surface area (Å²) in [5.74, 6) is -0.200. The third kappa shape index (κ3) is 4.30. The van der Waals surface area contributed by atoms with Crippen molar-refractivity contribution in [2.24, 2.45) is 0 Å². The molecular weight excluding hydrogens is 230 g/mol. The number of amides is 1. The Kier molecular flexibility index (Phi) is 4.07. The van der Waals surface area contributed by atoms with Crippen molar-refractivity contribution in [3.8, 4) is 0 Å². The van der Waals surface area contributed by atoms with Gasteiger partial charge in [0.25, 0.3) is 0 Å². The van der Waals surface area contributed by atoms with Crippen LogP contribution in [-0.2, 0) is 9.53 Å². The van der Waals surface area contributed by atoms with Gasteiger partial charge >= 0.3 is 12.1 Å². The van der Waals surface area contributed by atoms with E-state index in [1.54, 1.807) is 20.8 Å². The predicted octanol–water partition coefficient (Wildman–Crippen LogP) is 1.47. The van der Waals surface area contributed by atoms with E-state index in [-0.39, 0.29) is 6.04 Å². The summed E-state index contributed by atoms with van der Waals surface area (Å²) in [6, 6.07) is -0.110. The lowest BCUT2D eigenvalue weighted by Gasteiger charge is -2.21. The number of carbonyl (C=O) groups is 2. The van der Waals surface area contributed by atoms with E-state index in [9.17, 15) is 9.59 Å². The van der Waals surface area contributed by atoms with Crippen molar-refractivity contribution in [1.82, 2.24) is 5.32 Å². The highest BCUT2D eigenvalue weighted by molar-refractivity contribution is 8.00. The topological polar surface area (TPSA) is 75.6 Å². The first-order valence-corrected chi connectivity index (χ1v) is 6.17. The molecule has 5 nitrogen and oxygen atoms in total. The van der Waals surface area contributed by atoms with Crippen molar-refractivity contribution in [2.45, 2.75) is 44.1 Å². The predicted molar refractivity (Wildman–Crippen MR) is 61.7 cm³/mol. The highest BCUT2D eigenvalue weighted by Crippen LogP contribution is 2.27. The Morgan fingerprint density at radius 3 is 2.50 bits per heavy atom. The van der Waals surface area contributed by atoms with Crippen molar-refractivity contribution < 1.29 is 19.4 Å². The average Bonchev–Trinajstić information content (AvgIpc) is 2.48. The number of rotatable bonds is 2. The lowest BCUT2D eigenvalue weighted by molar-refractivity contribution is -0.136. The van der Waals surface area contributed by atoms with Crippen LogP contribution in [0.25, 0.3) is 0 Å². The molecule has 0 aliphatic carbocycles. The quantitative estimate of drug-likeness (QED) is 0.772. The van der Waals surface area contributed by atoms with Gasteiger partial charge in [-0.25, -0.2) is 4.79 Å². The molecule has 0 bridgehead atoms. The molecule has 0 saturated carbocycles. The number of thioether (sulfide) groups is 1. The molecule has 0 aromatic carbocycles. The van der Waals surface area contributed by atoms with E-state index in [1.165, 1.54) is 11.8 Å². The number of hydrogen-bond donors (Lipinski definition) is 2. The maximum Gasteiger partial charge on any atom is 0.407 e. The van der Waals surface area contributed by atoms with Gasteiger partial charge in [-0.1, -0.05) is 0 Å². The van der Waals surface area contributed by atoms with E-state index in [1.807, 2.05) is 0 Å². The number of carbonyl (C=O) groups excluding carboxylic acids is 1. The van der Waals surface area contributed by atoms with Crippen LogP contribution in [0.4, 0.5) is 4.79 Å². The maximum atomic E-state index is 11.4. The fourth-order valence-corrected chi connectivity index (χ4v) is 2.57. The monoisotopic (exact) mass is 247 g/mol. The van der Waals surface area contributed by atoms with Crippen LogP contribution in [0.1, 0.15) is 27.2 Å². The molecule has 2 N–H and O–H groups in total. The molecule has 1 aliphatic rings. The van der Waals surface area contributed by atoms with Crippen molar-refractivity contribution in [2.75, 3.05) is 5.75 Å². The minimum Gasteiger partial charge on any atom is -0.480 e. The molecule has 16 heavy (non-hydrogen) atoms. The molecule has 1 heterocycles. The number of carboxylic acid groups (broad SMARTS) is 1. The Balaban J connectivity index is 2.34. The van der Waals surface area contributed by atoms with Gasteiger partial charge in [0.15, 0.2) is 0 Å². The van der Waals surface area contributed by atoms with Gasteiger partial charge in [0, 0.05) is 11.8 Å². The summed E-state index contributed by atoms with van der Waals surface area (Å²) in [5, 5.41) is 11.0. The minimum atomic E-state index is -0.821. The van der Waals surface area contributed by atoms with Crippen molar-refractivity contribution in [1.29, 1.82) is 0 Å². The second kappa shape index (κ2) is 4.95. The lowest BCUT2D eigenvalue weighted by atomic mass is 10.2. The smallest absolute Gasteiger partial charge is 0.407 e. The molecule has 0 spiro atoms. The zero-order valence-electron chi connectivity index (χ0n) is 9.65. The largest absolute Gasteiger partial charge is 0.480 e. The molecular formula is C10H17NO4S. The Morgan fingerprint density at radius 1 is 1.44 bits per heavy atom. The van der Waals surface area contributed by atoms with E-state index in [2.05, 4.69) is 5.32 Å². The fourth-order valence-electron chi connectivity index (χ4n) is 1.37. The first-order chi connectivity index (χ1) is 7.28. The molecule has 0 radical (unpaired) electrons. The van der Waals surface area contributed by atoms with Gasteiger partial charge < -0.3 is 15.2 Å². The summed E-state index contributed by atoms with van der Waals surface area (Å²) in [5.41, 5.74) is -0.526. The molecule has 1 amide bonds. The highest BCUT2D eigenvalue weighted by atomic mass is 32.2. The molecule has 1 saturated heterocycles. The Labute approximate surface area is 98.9 Å². The summed E-state index contributed by atoms with van der Waals surface area (Å²) in [6.07, 6.45) is -0.0247. The van der Waals surface area contributed by atoms with Crippen molar-refractivity contribution >= 4 is 23.8 Å². The molecule has 1 aliphatic heterocycles. The first-order valence-electron chi connectivity index (χ1n) is 5.12. The van der Waals surface area contributed by atoms with Crippen LogP contribution in [0.3, 0.4) is 0 Å². The molecule has 2 atom stereocenters. The lowest BCUT2D eigenvalue weighted by Crippen LogP contribution is -2.39. The second-order valence-corrected chi connectivity index (χ2v) is 5.97. The molecule has 1 rings (SSSR count). The number of alkyl carbamates (subject to hydrolysis) is 1. The zero-order chi connectivity index (χ0) is 12.3. The second-order valence-electron chi connectivity index (χ2n) is 4.74. The normalized spacial score (nSPS) is 25.2. The molecule has 92 valence electrons. The number of hydrogen-bond acceptors (Lipinski definition) is 4. The van der Waals surface area contributed by atoms with Gasteiger partial charge in [-0.2, -0.15) is 0 Å². The zero-order valence-corrected chi connectivity index (χ0v) is 10.5. The van der Waals surface area contributed by atoms with Crippen LogP contribution in [0.15, 0.2) is 0 Å². The molecule has 6 heteroatoms. The molecule has 1 fully saturated rings. The third-order valence-electron chi connectivity index (χ3n) is 1.99. The van der Waals surface area contributed by atoms with Gasteiger partial charge in [-0.05, 0) is 27.2 Å². The molecule has 0 aromatic heterocycles. The van der Waals surface area contributed by atoms with Crippen LogP contribution >= 0.6 is 11.8 Å². The Bertz CT molecular complexity index is 287. The van der Waals surface area contributed by atoms with E-state index >= 15 is 0 Å². The van der Waals surface area contributed by atoms with Gasteiger partial charge in [-0.15, -0.1) is 11.8 Å². The van der Waals surface area contributed by atoms with Crippen LogP contribution in [-0.4, -0.2) is 39.8 Å². The average molecular weight is 247 g/mol. The SMILES string of the molecule is CC(C)(C)OC(=O)NC1CSC(C(=O)O)C1. The number of aliphatic carboxylic acids is 1. The van der Waals surface area contributed by atoms with E-state index in [4.69, 9.17) is 9.84 Å². The summed E-state index contributed by atoms with van der Waals surface area (Å²) < 4.78 is 5.09. The summed E-state index contributed by atoms with van der Waals surface area (Å²) in [6.45, 7) is 5.36. The van der Waals surface area contributed by atoms with Crippen molar-refractivity contribution in [3.05, 3.63) is 0 Å². The summed E-state index contributed by atoms with van der Waals surface area (Å²) >= 11 is 1.35. The van der Waals surface area contributed by atoms with E-state index in [0.717, 1.165) is 0 Å². The number of carboxylic acids is 1. The number of ether oxygens (including phenoxy) is 1. The first kappa shape index (κ1) is 13.2. The van der Waals surface area contributed by atoms with Crippen LogP contribution < -0.4 is 5.32 Å². The summed E-state index contributed by atoms with van der Waals surface area (Å²) in [7, 11) is 0. The highest BCUT2D eigenvalue weighted by Gasteiger charge is 2.32. The van der Waals surface area contributed by atoms with Crippen LogP contribution in [0, 0.1) is 0 Å². The van der Waals surface area contributed by atoms with Gasteiger partial charge in [0.2, 0.25) is 0 Å². The van der Waals surface area contributed by atoms with Crippen LogP contribution in [0.5, 0.6) is 0 Å². The molecule has 2 unspecified atom stereocenters. The van der Waals surface area contributed by atoms with Crippen LogP contribution in [0.2, 0.25) is 0 Å². The Morgan fingerprint density at radius 2 is 2.06 bits per heavy atom. The Hall–Kier alpha value is -0.910. The van der Waals surface area contributed by atoms with E-state index < -0.39 is 22.9 Å². The number of nitrogens with one attached hydrogen (secondary N) is 1. The van der Waals surface area contributed by atoms with Gasteiger partial charge in [0.05, 0.1) is 0 Å². The fraction of sp³-hybridized carbons (Fsp3) is 0.800. The van der Waals surface area contributed by atoms with Crippen molar-refractivity contribution in [3.63, 3.8) is 0 Å². The standard InChI is InChI=1S/C10H17NO4S/c1-10(2,3)15-9(14)11-6-4-7(8(12)13)16-5-6/h6-7H,4-5H2,1-3H3,(H,11,14)(H,12,13). The maximum absolute atomic E-state index is 11.4. The third-order valence-corrected chi connectivity index (χ3v) is 3.38. The van der Waals surface area contributed by atoms with E-state index in [0.29, 0.717) is 12.2 Å². The van der Waals surface area contributed by atoms with Gasteiger partial charge in [0.1, 0.15) is 10.9 Å².